The lowest BCUT2D eigenvalue weighted by Crippen LogP contribution is -2.37. The number of carbonyl (C=O) groups is 2. The Morgan fingerprint density at radius 3 is 2.43 bits per heavy atom. The molecular weight excluding hydrogens is 268 g/mol. The molecule has 0 heterocycles. The number of carbonyl (C=O) groups excluding carboxylic acids is 1. The highest BCUT2D eigenvalue weighted by atomic mass is 16.4. The molecule has 3 N–H and O–H groups in total. The predicted octanol–water partition coefficient (Wildman–Crippen LogP) is 3.16. The summed E-state index contributed by atoms with van der Waals surface area (Å²) in [5.41, 5.74) is 1.17. The van der Waals surface area contributed by atoms with Crippen LogP contribution >= 0.6 is 0 Å². The summed E-state index contributed by atoms with van der Waals surface area (Å²) in [5.74, 6) is -0.909. The van der Waals surface area contributed by atoms with E-state index < -0.39 is 5.97 Å². The van der Waals surface area contributed by atoms with Gasteiger partial charge in [-0.3, -0.25) is 4.79 Å². The van der Waals surface area contributed by atoms with E-state index in [1.165, 1.54) is 12.8 Å². The molecule has 1 aliphatic carbocycles. The first-order valence-electron chi connectivity index (χ1n) is 7.52. The summed E-state index contributed by atoms with van der Waals surface area (Å²) in [6.45, 7) is 0. The van der Waals surface area contributed by atoms with E-state index in [9.17, 15) is 9.59 Å². The molecule has 0 unspecified atom stereocenters. The molecule has 0 aliphatic heterocycles. The normalized spacial score (nSPS) is 16.0. The number of anilines is 1. The molecule has 5 nitrogen and oxygen atoms in total. The smallest absolute Gasteiger partial charge is 0.319 e. The minimum absolute atomic E-state index is 0.0973. The first-order chi connectivity index (χ1) is 10.1. The highest BCUT2D eigenvalue weighted by molar-refractivity contribution is 5.91. The van der Waals surface area contributed by atoms with E-state index in [0.29, 0.717) is 11.3 Å². The second kappa shape index (κ2) is 7.67. The molecule has 1 fully saturated rings. The Morgan fingerprint density at radius 2 is 1.76 bits per heavy atom. The largest absolute Gasteiger partial charge is 0.481 e. The number of hydrogen-bond donors (Lipinski definition) is 3. The molecule has 1 aliphatic rings. The first-order valence-corrected chi connectivity index (χ1v) is 7.52. The molecule has 1 saturated carbocycles. The van der Waals surface area contributed by atoms with Gasteiger partial charge in [0.05, 0.1) is 6.42 Å². The first kappa shape index (κ1) is 15.4. The number of urea groups is 1. The maximum absolute atomic E-state index is 12.1. The molecule has 0 aromatic heterocycles. The van der Waals surface area contributed by atoms with Crippen molar-refractivity contribution in [2.75, 3.05) is 5.32 Å². The summed E-state index contributed by atoms with van der Waals surface area (Å²) in [6.07, 6.45) is 6.72. The fraction of sp³-hybridized carbons (Fsp3) is 0.500. The molecule has 5 heteroatoms. The third-order valence-corrected chi connectivity index (χ3v) is 3.80. The van der Waals surface area contributed by atoms with Crippen molar-refractivity contribution in [2.24, 2.45) is 0 Å². The van der Waals surface area contributed by atoms with E-state index in [1.54, 1.807) is 24.3 Å². The van der Waals surface area contributed by atoms with Crippen LogP contribution in [0.15, 0.2) is 24.3 Å². The molecule has 2 amide bonds. The number of nitrogens with one attached hydrogen (secondary N) is 2. The lowest BCUT2D eigenvalue weighted by atomic mass is 10.1. The molecule has 114 valence electrons. The molecule has 0 radical (unpaired) electrons. The SMILES string of the molecule is O=C(O)Cc1ccccc1NC(=O)NC1CCCCCC1. The van der Waals surface area contributed by atoms with Crippen LogP contribution in [0.25, 0.3) is 0 Å². The number of benzene rings is 1. The second-order valence-electron chi connectivity index (χ2n) is 5.51. The number of rotatable bonds is 4. The van der Waals surface area contributed by atoms with Gasteiger partial charge in [-0.15, -0.1) is 0 Å². The summed E-state index contributed by atoms with van der Waals surface area (Å²) in [6, 6.07) is 6.97. The van der Waals surface area contributed by atoms with Gasteiger partial charge in [0.25, 0.3) is 0 Å². The van der Waals surface area contributed by atoms with Gasteiger partial charge >= 0.3 is 12.0 Å². The van der Waals surface area contributed by atoms with Crippen LogP contribution in [0.4, 0.5) is 10.5 Å². The van der Waals surface area contributed by atoms with Crippen LogP contribution in [0, 0.1) is 0 Å². The van der Waals surface area contributed by atoms with Gasteiger partial charge in [0.15, 0.2) is 0 Å². The van der Waals surface area contributed by atoms with Crippen LogP contribution in [-0.4, -0.2) is 23.1 Å². The molecule has 0 bridgehead atoms. The number of aliphatic carboxylic acids is 1. The third kappa shape index (κ3) is 5.10. The van der Waals surface area contributed by atoms with Gasteiger partial charge in [-0.05, 0) is 24.5 Å². The summed E-state index contributed by atoms with van der Waals surface area (Å²) in [5, 5.41) is 14.7. The monoisotopic (exact) mass is 290 g/mol. The van der Waals surface area contributed by atoms with Gasteiger partial charge < -0.3 is 15.7 Å². The molecule has 2 rings (SSSR count). The van der Waals surface area contributed by atoms with Gasteiger partial charge in [0, 0.05) is 11.7 Å². The molecule has 0 spiro atoms. The average Bonchev–Trinajstić information content (AvgIpc) is 2.69. The average molecular weight is 290 g/mol. The van der Waals surface area contributed by atoms with Crippen molar-refractivity contribution in [3.8, 4) is 0 Å². The Morgan fingerprint density at radius 1 is 1.10 bits per heavy atom. The predicted molar refractivity (Wildman–Crippen MR) is 81.4 cm³/mol. The highest BCUT2D eigenvalue weighted by Crippen LogP contribution is 2.18. The second-order valence-corrected chi connectivity index (χ2v) is 5.51. The van der Waals surface area contributed by atoms with Crippen LogP contribution in [0.5, 0.6) is 0 Å². The third-order valence-electron chi connectivity index (χ3n) is 3.80. The van der Waals surface area contributed by atoms with Crippen molar-refractivity contribution < 1.29 is 14.7 Å². The van der Waals surface area contributed by atoms with Crippen molar-refractivity contribution in [2.45, 2.75) is 51.0 Å². The maximum atomic E-state index is 12.1. The Labute approximate surface area is 124 Å². The summed E-state index contributed by atoms with van der Waals surface area (Å²) < 4.78 is 0. The van der Waals surface area contributed by atoms with E-state index in [4.69, 9.17) is 5.11 Å². The fourth-order valence-electron chi connectivity index (χ4n) is 2.73. The summed E-state index contributed by atoms with van der Waals surface area (Å²) >= 11 is 0. The number of carboxylic acids is 1. The van der Waals surface area contributed by atoms with E-state index in [0.717, 1.165) is 25.7 Å². The van der Waals surface area contributed by atoms with Crippen molar-refractivity contribution in [3.63, 3.8) is 0 Å². The van der Waals surface area contributed by atoms with E-state index in [-0.39, 0.29) is 18.5 Å². The molecule has 21 heavy (non-hydrogen) atoms. The summed E-state index contributed by atoms with van der Waals surface area (Å²) in [4.78, 5) is 22.9. The van der Waals surface area contributed by atoms with E-state index in [2.05, 4.69) is 10.6 Å². The standard InChI is InChI=1S/C16H22N2O3/c19-15(20)11-12-7-5-6-10-14(12)18-16(21)17-13-8-3-1-2-4-9-13/h5-7,10,13H,1-4,8-9,11H2,(H,19,20)(H2,17,18,21). The Balaban J connectivity index is 1.94. The molecule has 1 aromatic rings. The van der Waals surface area contributed by atoms with Gasteiger partial charge in [-0.25, -0.2) is 4.79 Å². The molecule has 1 aromatic carbocycles. The zero-order chi connectivity index (χ0) is 15.1. The van der Waals surface area contributed by atoms with Gasteiger partial charge in [0.2, 0.25) is 0 Å². The van der Waals surface area contributed by atoms with Crippen molar-refractivity contribution in [3.05, 3.63) is 29.8 Å². The minimum atomic E-state index is -0.909. The fourth-order valence-corrected chi connectivity index (χ4v) is 2.73. The van der Waals surface area contributed by atoms with Crippen LogP contribution in [0.3, 0.4) is 0 Å². The van der Waals surface area contributed by atoms with Crippen LogP contribution in [0.1, 0.15) is 44.1 Å². The quantitative estimate of drug-likeness (QED) is 0.745. The zero-order valence-corrected chi connectivity index (χ0v) is 12.1. The van der Waals surface area contributed by atoms with Crippen LogP contribution in [-0.2, 0) is 11.2 Å². The van der Waals surface area contributed by atoms with Gasteiger partial charge in [0.1, 0.15) is 0 Å². The Kier molecular flexibility index (Phi) is 5.60. The maximum Gasteiger partial charge on any atom is 0.319 e. The van der Waals surface area contributed by atoms with Crippen LogP contribution < -0.4 is 10.6 Å². The lowest BCUT2D eigenvalue weighted by molar-refractivity contribution is -0.136. The van der Waals surface area contributed by atoms with Gasteiger partial charge in [-0.2, -0.15) is 0 Å². The summed E-state index contributed by atoms with van der Waals surface area (Å²) in [7, 11) is 0. The highest BCUT2D eigenvalue weighted by Gasteiger charge is 2.15. The zero-order valence-electron chi connectivity index (χ0n) is 12.1. The number of carboxylic acid groups (broad SMARTS) is 1. The number of hydrogen-bond acceptors (Lipinski definition) is 2. The van der Waals surface area contributed by atoms with Gasteiger partial charge in [-0.1, -0.05) is 43.9 Å². The topological polar surface area (TPSA) is 78.4 Å². The van der Waals surface area contributed by atoms with E-state index in [1.807, 2.05) is 0 Å². The van der Waals surface area contributed by atoms with E-state index >= 15 is 0 Å². The molecular formula is C16H22N2O3. The van der Waals surface area contributed by atoms with Crippen molar-refractivity contribution in [1.29, 1.82) is 0 Å². The van der Waals surface area contributed by atoms with Crippen LogP contribution in [0.2, 0.25) is 0 Å². The van der Waals surface area contributed by atoms with Crippen molar-refractivity contribution >= 4 is 17.7 Å². The van der Waals surface area contributed by atoms with Crippen molar-refractivity contribution in [1.82, 2.24) is 5.32 Å². The minimum Gasteiger partial charge on any atom is -0.481 e. The number of amides is 2. The number of para-hydroxylation sites is 1. The molecule has 0 atom stereocenters. The lowest BCUT2D eigenvalue weighted by Gasteiger charge is -2.17. The Hall–Kier alpha value is -2.04. The molecule has 0 saturated heterocycles. The Bertz CT molecular complexity index is 494.